The molecule has 1 N–H and O–H groups in total. The zero-order valence-electron chi connectivity index (χ0n) is 17.6. The van der Waals surface area contributed by atoms with Gasteiger partial charge in [0.2, 0.25) is 11.7 Å². The van der Waals surface area contributed by atoms with Gasteiger partial charge in [0.15, 0.2) is 0 Å². The van der Waals surface area contributed by atoms with Crippen molar-refractivity contribution in [1.82, 2.24) is 15.0 Å². The first-order chi connectivity index (χ1) is 15.1. The summed E-state index contributed by atoms with van der Waals surface area (Å²) in [6, 6.07) is 12.1. The number of ether oxygens (including phenoxy) is 3. The van der Waals surface area contributed by atoms with Crippen molar-refractivity contribution in [3.05, 3.63) is 48.4 Å². The van der Waals surface area contributed by atoms with Gasteiger partial charge in [-0.05, 0) is 37.1 Å². The molecule has 1 fully saturated rings. The number of carbonyl (C=O) groups excluding carboxylic acids is 1. The highest BCUT2D eigenvalue weighted by Crippen LogP contribution is 2.33. The lowest BCUT2D eigenvalue weighted by Crippen LogP contribution is -2.34. The fraction of sp³-hybridized carbons (Fsp3) is 0.318. The minimum atomic E-state index is -0.285. The highest BCUT2D eigenvalue weighted by Gasteiger charge is 2.34. The van der Waals surface area contributed by atoms with Crippen molar-refractivity contribution >= 4 is 11.7 Å². The first kappa shape index (κ1) is 20.5. The molecule has 0 saturated carbocycles. The molecular formula is C22H24N4O5. The first-order valence-electron chi connectivity index (χ1n) is 9.90. The van der Waals surface area contributed by atoms with Gasteiger partial charge in [-0.15, -0.1) is 0 Å². The summed E-state index contributed by atoms with van der Waals surface area (Å²) in [6.07, 6.45) is 1.60. The molecule has 1 unspecified atom stereocenters. The van der Waals surface area contributed by atoms with Crippen LogP contribution in [-0.4, -0.2) is 48.9 Å². The molecular weight excluding hydrogens is 400 g/mol. The standard InChI is InChI=1S/C22H24N4O5/c1-28-16-8-6-14(7-9-16)20-24-21(31-25-20)19-5-4-10-26(19)22(27)23-15-11-17(29-2)13-18(12-15)30-3/h6-9,11-13,19H,4-5,10H2,1-3H3,(H,23,27). The molecule has 0 radical (unpaired) electrons. The number of benzene rings is 2. The van der Waals surface area contributed by atoms with Crippen LogP contribution in [0.5, 0.6) is 17.2 Å². The number of anilines is 1. The van der Waals surface area contributed by atoms with E-state index in [1.54, 1.807) is 44.4 Å². The third-order valence-electron chi connectivity index (χ3n) is 5.19. The lowest BCUT2D eigenvalue weighted by atomic mass is 10.2. The predicted octanol–water partition coefficient (Wildman–Crippen LogP) is 4.13. The van der Waals surface area contributed by atoms with Gasteiger partial charge in [-0.25, -0.2) is 4.79 Å². The van der Waals surface area contributed by atoms with Crippen molar-refractivity contribution in [3.63, 3.8) is 0 Å². The van der Waals surface area contributed by atoms with Crippen LogP contribution in [0.4, 0.5) is 10.5 Å². The highest BCUT2D eigenvalue weighted by molar-refractivity contribution is 5.90. The maximum Gasteiger partial charge on any atom is 0.322 e. The number of likely N-dealkylation sites (tertiary alicyclic amines) is 1. The quantitative estimate of drug-likeness (QED) is 0.635. The van der Waals surface area contributed by atoms with Crippen molar-refractivity contribution in [2.24, 2.45) is 0 Å². The zero-order chi connectivity index (χ0) is 21.8. The van der Waals surface area contributed by atoms with E-state index in [4.69, 9.17) is 18.7 Å². The van der Waals surface area contributed by atoms with E-state index in [1.165, 1.54) is 0 Å². The molecule has 1 saturated heterocycles. The van der Waals surface area contributed by atoms with Crippen LogP contribution in [0, 0.1) is 0 Å². The molecule has 1 aliphatic rings. The molecule has 31 heavy (non-hydrogen) atoms. The average molecular weight is 424 g/mol. The maximum absolute atomic E-state index is 13.0. The Bertz CT molecular complexity index is 1030. The van der Waals surface area contributed by atoms with Gasteiger partial charge < -0.3 is 29.0 Å². The largest absolute Gasteiger partial charge is 0.497 e. The lowest BCUT2D eigenvalue weighted by molar-refractivity contribution is 0.193. The number of urea groups is 1. The van der Waals surface area contributed by atoms with Gasteiger partial charge in [0.05, 0.1) is 21.3 Å². The lowest BCUT2D eigenvalue weighted by Gasteiger charge is -2.22. The zero-order valence-corrected chi connectivity index (χ0v) is 17.6. The van der Waals surface area contributed by atoms with Crippen LogP contribution in [0.25, 0.3) is 11.4 Å². The monoisotopic (exact) mass is 424 g/mol. The summed E-state index contributed by atoms with van der Waals surface area (Å²) >= 11 is 0. The summed E-state index contributed by atoms with van der Waals surface area (Å²) in [5.41, 5.74) is 1.39. The second kappa shape index (κ2) is 8.95. The highest BCUT2D eigenvalue weighted by atomic mass is 16.5. The normalized spacial score (nSPS) is 15.6. The summed E-state index contributed by atoms with van der Waals surface area (Å²) in [5, 5.41) is 7.00. The van der Waals surface area contributed by atoms with Gasteiger partial charge in [-0.2, -0.15) is 4.98 Å². The summed E-state index contributed by atoms with van der Waals surface area (Å²) < 4.78 is 21.2. The van der Waals surface area contributed by atoms with E-state index in [2.05, 4.69) is 15.5 Å². The average Bonchev–Trinajstić information content (AvgIpc) is 3.48. The molecule has 2 aromatic carbocycles. The van der Waals surface area contributed by atoms with E-state index in [-0.39, 0.29) is 12.1 Å². The number of nitrogens with zero attached hydrogens (tertiary/aromatic N) is 3. The molecule has 0 bridgehead atoms. The molecule has 9 nitrogen and oxygen atoms in total. The van der Waals surface area contributed by atoms with Crippen LogP contribution in [0.15, 0.2) is 47.0 Å². The summed E-state index contributed by atoms with van der Waals surface area (Å²) in [7, 11) is 4.74. The molecule has 1 aromatic heterocycles. The fourth-order valence-electron chi connectivity index (χ4n) is 3.57. The van der Waals surface area contributed by atoms with Crippen LogP contribution < -0.4 is 19.5 Å². The molecule has 2 amide bonds. The molecule has 162 valence electrons. The van der Waals surface area contributed by atoms with E-state index in [1.807, 2.05) is 24.3 Å². The fourth-order valence-corrected chi connectivity index (χ4v) is 3.57. The predicted molar refractivity (Wildman–Crippen MR) is 114 cm³/mol. The van der Waals surface area contributed by atoms with Crippen LogP contribution in [0.3, 0.4) is 0 Å². The molecule has 0 aliphatic carbocycles. The smallest absolute Gasteiger partial charge is 0.322 e. The second-order valence-electron chi connectivity index (χ2n) is 7.07. The van der Waals surface area contributed by atoms with Gasteiger partial charge in [-0.1, -0.05) is 5.16 Å². The van der Waals surface area contributed by atoms with Crippen molar-refractivity contribution in [1.29, 1.82) is 0 Å². The van der Waals surface area contributed by atoms with Gasteiger partial charge in [-0.3, -0.25) is 0 Å². The van der Waals surface area contributed by atoms with E-state index in [0.717, 1.165) is 24.2 Å². The number of hydrogen-bond donors (Lipinski definition) is 1. The van der Waals surface area contributed by atoms with Gasteiger partial charge >= 0.3 is 6.03 Å². The van der Waals surface area contributed by atoms with Crippen LogP contribution in [0.2, 0.25) is 0 Å². The number of aromatic nitrogens is 2. The Labute approximate surface area is 179 Å². The summed E-state index contributed by atoms with van der Waals surface area (Å²) in [5.74, 6) is 2.83. The number of methoxy groups -OCH3 is 3. The third kappa shape index (κ3) is 4.40. The Balaban J connectivity index is 1.50. The Morgan fingerprint density at radius 1 is 1.03 bits per heavy atom. The molecule has 0 spiro atoms. The number of carbonyl (C=O) groups is 1. The minimum absolute atomic E-state index is 0.248. The van der Waals surface area contributed by atoms with Gasteiger partial charge in [0, 0.05) is 36.0 Å². The maximum atomic E-state index is 13.0. The van der Waals surface area contributed by atoms with E-state index in [0.29, 0.717) is 35.4 Å². The van der Waals surface area contributed by atoms with Crippen molar-refractivity contribution in [2.45, 2.75) is 18.9 Å². The van der Waals surface area contributed by atoms with E-state index in [9.17, 15) is 4.79 Å². The number of hydrogen-bond acceptors (Lipinski definition) is 7. The van der Waals surface area contributed by atoms with Crippen LogP contribution in [-0.2, 0) is 0 Å². The molecule has 2 heterocycles. The Morgan fingerprint density at radius 2 is 1.71 bits per heavy atom. The Kier molecular flexibility index (Phi) is 5.92. The van der Waals surface area contributed by atoms with Crippen molar-refractivity contribution < 1.29 is 23.5 Å². The molecule has 4 rings (SSSR count). The van der Waals surface area contributed by atoms with Gasteiger partial charge in [0.25, 0.3) is 0 Å². The Hall–Kier alpha value is -3.75. The summed E-state index contributed by atoms with van der Waals surface area (Å²) in [6.45, 7) is 0.595. The number of amides is 2. The van der Waals surface area contributed by atoms with E-state index < -0.39 is 0 Å². The first-order valence-corrected chi connectivity index (χ1v) is 9.90. The van der Waals surface area contributed by atoms with Crippen LogP contribution in [0.1, 0.15) is 24.8 Å². The SMILES string of the molecule is COc1ccc(-c2noc(C3CCCN3C(=O)Nc3cc(OC)cc(OC)c3)n2)cc1. The second-order valence-corrected chi connectivity index (χ2v) is 7.07. The van der Waals surface area contributed by atoms with Crippen molar-refractivity contribution in [2.75, 3.05) is 33.2 Å². The van der Waals surface area contributed by atoms with Crippen LogP contribution >= 0.6 is 0 Å². The van der Waals surface area contributed by atoms with E-state index >= 15 is 0 Å². The molecule has 1 aliphatic heterocycles. The Morgan fingerprint density at radius 3 is 2.35 bits per heavy atom. The summed E-state index contributed by atoms with van der Waals surface area (Å²) in [4.78, 5) is 19.2. The number of nitrogens with one attached hydrogen (secondary N) is 1. The third-order valence-corrected chi connectivity index (χ3v) is 5.19. The molecule has 9 heteroatoms. The van der Waals surface area contributed by atoms with Gasteiger partial charge in [0.1, 0.15) is 23.3 Å². The number of rotatable bonds is 6. The molecule has 1 atom stereocenters. The van der Waals surface area contributed by atoms with Crippen molar-refractivity contribution in [3.8, 4) is 28.6 Å². The minimum Gasteiger partial charge on any atom is -0.497 e. The molecule has 3 aromatic rings. The topological polar surface area (TPSA) is 99.0 Å².